The van der Waals surface area contributed by atoms with Gasteiger partial charge in [0.2, 0.25) is 10.0 Å². The first kappa shape index (κ1) is 18.5. The summed E-state index contributed by atoms with van der Waals surface area (Å²) in [5.41, 5.74) is 0.256. The lowest BCUT2D eigenvalue weighted by Gasteiger charge is -2.34. The standard InChI is InChI=1S/C18H21N3O4S/c1-13-11-21(12-14(2)25-13)26(23,24)16-7-5-6-15(10-16)18(22)20-17-8-3-4-9-19-17/h3-10,13-14H,11-12H2,1-2H3,(H,19,20,22)/t13-,14-/m1/s1. The van der Waals surface area contributed by atoms with Crippen molar-refractivity contribution in [1.82, 2.24) is 9.29 Å². The normalized spacial score (nSPS) is 21.3. The predicted octanol–water partition coefficient (Wildman–Crippen LogP) is 2.13. The molecule has 7 nitrogen and oxygen atoms in total. The second kappa shape index (κ2) is 7.53. The van der Waals surface area contributed by atoms with Crippen LogP contribution in [-0.4, -0.2) is 48.9 Å². The summed E-state index contributed by atoms with van der Waals surface area (Å²) in [5.74, 6) is -0.00828. The molecular weight excluding hydrogens is 354 g/mol. The van der Waals surface area contributed by atoms with E-state index in [9.17, 15) is 13.2 Å². The number of pyridine rings is 1. The van der Waals surface area contributed by atoms with Gasteiger partial charge in [0.05, 0.1) is 17.1 Å². The zero-order chi connectivity index (χ0) is 18.7. The lowest BCUT2D eigenvalue weighted by Crippen LogP contribution is -2.48. The Labute approximate surface area is 153 Å². The first-order chi connectivity index (χ1) is 12.4. The smallest absolute Gasteiger partial charge is 0.256 e. The van der Waals surface area contributed by atoms with Crippen LogP contribution < -0.4 is 5.32 Å². The van der Waals surface area contributed by atoms with Crippen molar-refractivity contribution in [3.63, 3.8) is 0 Å². The number of aromatic nitrogens is 1. The number of hydrogen-bond acceptors (Lipinski definition) is 5. The number of amides is 1. The molecular formula is C18H21N3O4S. The van der Waals surface area contributed by atoms with Gasteiger partial charge >= 0.3 is 0 Å². The van der Waals surface area contributed by atoms with Crippen molar-refractivity contribution >= 4 is 21.7 Å². The van der Waals surface area contributed by atoms with Crippen molar-refractivity contribution in [2.45, 2.75) is 31.0 Å². The second-order valence-electron chi connectivity index (χ2n) is 6.28. The highest BCUT2D eigenvalue weighted by Crippen LogP contribution is 2.22. The second-order valence-corrected chi connectivity index (χ2v) is 8.21. The molecule has 1 aliphatic heterocycles. The Bertz CT molecular complexity index is 876. The van der Waals surface area contributed by atoms with Crippen LogP contribution in [0.25, 0.3) is 0 Å². The number of nitrogens with one attached hydrogen (secondary N) is 1. The van der Waals surface area contributed by atoms with Crippen molar-refractivity contribution < 1.29 is 17.9 Å². The van der Waals surface area contributed by atoms with Gasteiger partial charge in [0, 0.05) is 24.8 Å². The van der Waals surface area contributed by atoms with Crippen molar-refractivity contribution in [3.8, 4) is 0 Å². The number of hydrogen-bond donors (Lipinski definition) is 1. The Hall–Kier alpha value is -2.29. The van der Waals surface area contributed by atoms with Gasteiger partial charge in [-0.05, 0) is 44.2 Å². The Morgan fingerprint density at radius 1 is 1.15 bits per heavy atom. The largest absolute Gasteiger partial charge is 0.373 e. The molecule has 1 aromatic heterocycles. The molecule has 0 spiro atoms. The number of rotatable bonds is 4. The molecule has 2 aromatic rings. The number of ether oxygens (including phenoxy) is 1. The lowest BCUT2D eigenvalue weighted by atomic mass is 10.2. The van der Waals surface area contributed by atoms with Crippen LogP contribution >= 0.6 is 0 Å². The molecule has 1 amide bonds. The average Bonchev–Trinajstić information content (AvgIpc) is 2.62. The lowest BCUT2D eigenvalue weighted by molar-refractivity contribution is -0.0440. The molecule has 0 bridgehead atoms. The van der Waals surface area contributed by atoms with Crippen LogP contribution in [0.3, 0.4) is 0 Å². The molecule has 26 heavy (non-hydrogen) atoms. The third-order valence-corrected chi connectivity index (χ3v) is 5.85. The zero-order valence-corrected chi connectivity index (χ0v) is 15.4. The van der Waals surface area contributed by atoms with Gasteiger partial charge in [0.15, 0.2) is 0 Å². The van der Waals surface area contributed by atoms with Gasteiger partial charge in [-0.1, -0.05) is 12.1 Å². The molecule has 138 valence electrons. The number of nitrogens with zero attached hydrogens (tertiary/aromatic N) is 2. The van der Waals surface area contributed by atoms with Gasteiger partial charge in [-0.3, -0.25) is 4.79 Å². The summed E-state index contributed by atoms with van der Waals surface area (Å²) >= 11 is 0. The van der Waals surface area contributed by atoms with Crippen LogP contribution in [0, 0.1) is 0 Å². The summed E-state index contributed by atoms with van der Waals surface area (Å²) in [6.07, 6.45) is 1.21. The maximum atomic E-state index is 12.9. The third kappa shape index (κ3) is 4.09. The Morgan fingerprint density at radius 3 is 2.54 bits per heavy atom. The molecule has 1 aromatic carbocycles. The summed E-state index contributed by atoms with van der Waals surface area (Å²) in [7, 11) is -3.70. The first-order valence-corrected chi connectivity index (χ1v) is 9.78. The zero-order valence-electron chi connectivity index (χ0n) is 14.6. The van der Waals surface area contributed by atoms with Gasteiger partial charge < -0.3 is 10.1 Å². The average molecular weight is 375 g/mol. The Balaban J connectivity index is 1.83. The summed E-state index contributed by atoms with van der Waals surface area (Å²) in [5, 5.41) is 2.65. The minimum atomic E-state index is -3.70. The monoisotopic (exact) mass is 375 g/mol. The molecule has 0 saturated carbocycles. The van der Waals surface area contributed by atoms with Crippen molar-refractivity contribution in [3.05, 3.63) is 54.2 Å². The van der Waals surface area contributed by atoms with E-state index in [2.05, 4.69) is 10.3 Å². The van der Waals surface area contributed by atoms with E-state index in [4.69, 9.17) is 4.74 Å². The van der Waals surface area contributed by atoms with Gasteiger partial charge in [0.1, 0.15) is 5.82 Å². The van der Waals surface area contributed by atoms with Gasteiger partial charge in [-0.2, -0.15) is 4.31 Å². The molecule has 8 heteroatoms. The highest BCUT2D eigenvalue weighted by atomic mass is 32.2. The number of morpholine rings is 1. The fourth-order valence-corrected chi connectivity index (χ4v) is 4.54. The molecule has 0 aliphatic carbocycles. The topological polar surface area (TPSA) is 88.6 Å². The van der Waals surface area contributed by atoms with E-state index in [1.54, 1.807) is 36.5 Å². The van der Waals surface area contributed by atoms with E-state index in [-0.39, 0.29) is 35.8 Å². The number of sulfonamides is 1. The van der Waals surface area contributed by atoms with Crippen LogP contribution in [0.1, 0.15) is 24.2 Å². The van der Waals surface area contributed by atoms with E-state index in [0.29, 0.717) is 5.82 Å². The number of anilines is 1. The van der Waals surface area contributed by atoms with Gasteiger partial charge in [-0.25, -0.2) is 13.4 Å². The van der Waals surface area contributed by atoms with Gasteiger partial charge in [0.25, 0.3) is 5.91 Å². The number of carbonyl (C=O) groups is 1. The maximum Gasteiger partial charge on any atom is 0.256 e. The van der Waals surface area contributed by atoms with Crippen LogP contribution in [0.4, 0.5) is 5.82 Å². The van der Waals surface area contributed by atoms with Crippen LogP contribution in [-0.2, 0) is 14.8 Å². The van der Waals surface area contributed by atoms with Crippen LogP contribution in [0.2, 0.25) is 0 Å². The summed E-state index contributed by atoms with van der Waals surface area (Å²) < 4.78 is 32.9. The summed E-state index contributed by atoms with van der Waals surface area (Å²) in [6.45, 7) is 4.26. The minimum Gasteiger partial charge on any atom is -0.373 e. The molecule has 3 rings (SSSR count). The highest BCUT2D eigenvalue weighted by Gasteiger charge is 2.32. The Morgan fingerprint density at radius 2 is 1.88 bits per heavy atom. The number of carbonyl (C=O) groups excluding carboxylic acids is 1. The van der Waals surface area contributed by atoms with Crippen LogP contribution in [0.5, 0.6) is 0 Å². The minimum absolute atomic E-state index is 0.0903. The van der Waals surface area contributed by atoms with E-state index < -0.39 is 15.9 Å². The van der Waals surface area contributed by atoms with E-state index in [1.807, 2.05) is 13.8 Å². The molecule has 1 saturated heterocycles. The quantitative estimate of drug-likeness (QED) is 0.884. The molecule has 1 N–H and O–H groups in total. The van der Waals surface area contributed by atoms with E-state index in [1.165, 1.54) is 16.4 Å². The van der Waals surface area contributed by atoms with Crippen molar-refractivity contribution in [1.29, 1.82) is 0 Å². The molecule has 1 fully saturated rings. The van der Waals surface area contributed by atoms with E-state index >= 15 is 0 Å². The molecule has 2 heterocycles. The fraction of sp³-hybridized carbons (Fsp3) is 0.333. The molecule has 2 atom stereocenters. The van der Waals surface area contributed by atoms with Gasteiger partial charge in [-0.15, -0.1) is 0 Å². The predicted molar refractivity (Wildman–Crippen MR) is 97.4 cm³/mol. The number of benzene rings is 1. The van der Waals surface area contributed by atoms with Crippen molar-refractivity contribution in [2.24, 2.45) is 0 Å². The third-order valence-electron chi connectivity index (χ3n) is 4.03. The first-order valence-electron chi connectivity index (χ1n) is 8.34. The highest BCUT2D eigenvalue weighted by molar-refractivity contribution is 7.89. The van der Waals surface area contributed by atoms with Crippen molar-refractivity contribution in [2.75, 3.05) is 18.4 Å². The Kier molecular flexibility index (Phi) is 5.36. The fourth-order valence-electron chi connectivity index (χ4n) is 2.90. The maximum absolute atomic E-state index is 12.9. The molecule has 0 radical (unpaired) electrons. The van der Waals surface area contributed by atoms with Crippen LogP contribution in [0.15, 0.2) is 53.6 Å². The SMILES string of the molecule is C[C@@H]1CN(S(=O)(=O)c2cccc(C(=O)Nc3ccccn3)c2)C[C@@H](C)O1. The summed E-state index contributed by atoms with van der Waals surface area (Å²) in [4.78, 5) is 16.5. The summed E-state index contributed by atoms with van der Waals surface area (Å²) in [6, 6.07) is 11.2. The molecule has 1 aliphatic rings. The molecule has 0 unspecified atom stereocenters. The van der Waals surface area contributed by atoms with E-state index in [0.717, 1.165) is 0 Å².